The van der Waals surface area contributed by atoms with E-state index in [1.165, 1.54) is 22.7 Å². The van der Waals surface area contributed by atoms with Gasteiger partial charge in [-0.15, -0.1) is 0 Å². The number of para-hydroxylation sites is 4. The Hall–Kier alpha value is -2.45. The number of halogens is 4. The number of hydrogen-bond acceptors (Lipinski definition) is 9. The van der Waals surface area contributed by atoms with E-state index < -0.39 is 31.1 Å². The Morgan fingerprint density at radius 3 is 0.946 bits per heavy atom. The molecule has 0 N–H and O–H groups in total. The molecule has 0 radical (unpaired) electrons. The van der Waals surface area contributed by atoms with Crippen LogP contribution in [0.25, 0.3) is 5.32 Å². The van der Waals surface area contributed by atoms with Crippen LogP contribution in [-0.2, 0) is 31.1 Å². The molecule has 2 aliphatic heterocycles. The summed E-state index contributed by atoms with van der Waals surface area (Å²) in [7, 11) is 34.8. The van der Waals surface area contributed by atoms with E-state index in [1.54, 1.807) is 14.1 Å². The molecule has 7 rings (SSSR count). The van der Waals surface area contributed by atoms with E-state index in [1.807, 2.05) is 87.3 Å². The molecule has 0 spiro atoms. The van der Waals surface area contributed by atoms with Gasteiger partial charge in [0.15, 0.2) is 0 Å². The topological polar surface area (TPSA) is 105 Å². The minimum absolute atomic E-state index is 0. The maximum absolute atomic E-state index is 5.84. The van der Waals surface area contributed by atoms with Gasteiger partial charge >= 0.3 is 208 Å². The Morgan fingerprint density at radius 1 is 0.536 bits per heavy atom. The van der Waals surface area contributed by atoms with Crippen LogP contribution >= 0.6 is 37.2 Å². The quantitative estimate of drug-likeness (QED) is 0.128. The van der Waals surface area contributed by atoms with E-state index in [0.717, 1.165) is 34.2 Å². The minimum atomic E-state index is -2.19. The smallest absolute Gasteiger partial charge is 0.238 e. The molecular weight excluding hydrogens is 862 g/mol. The van der Waals surface area contributed by atoms with Gasteiger partial charge < -0.3 is 12.7 Å². The summed E-state index contributed by atoms with van der Waals surface area (Å²) in [5.41, 5.74) is 10.9. The van der Waals surface area contributed by atoms with Crippen molar-refractivity contribution in [1.82, 2.24) is 29.3 Å². The van der Waals surface area contributed by atoms with Gasteiger partial charge in [0.2, 0.25) is 6.29 Å². The van der Waals surface area contributed by atoms with Crippen molar-refractivity contribution in [2.75, 3.05) is 61.5 Å². The fourth-order valence-corrected chi connectivity index (χ4v) is 9.68. The van der Waals surface area contributed by atoms with Crippen molar-refractivity contribution in [3.63, 3.8) is 0 Å². The predicted octanol–water partition coefficient (Wildman–Crippen LogP) is 9.08. The summed E-state index contributed by atoms with van der Waals surface area (Å²) < 4.78 is 14.7. The zero-order chi connectivity index (χ0) is 40.7. The van der Waals surface area contributed by atoms with E-state index in [-0.39, 0.29) is 28.0 Å². The van der Waals surface area contributed by atoms with Crippen LogP contribution in [0.2, 0.25) is 0 Å². The van der Waals surface area contributed by atoms with Crippen molar-refractivity contribution < 1.29 is 31.1 Å². The number of benzene rings is 2. The molecule has 13 nitrogen and oxygen atoms in total. The molecule has 21 heteroatoms. The first-order valence-corrected chi connectivity index (χ1v) is 27.4. The van der Waals surface area contributed by atoms with Gasteiger partial charge in [0.05, 0.1) is 17.1 Å². The third kappa shape index (κ3) is 11.4. The van der Waals surface area contributed by atoms with Crippen LogP contribution in [0.15, 0.2) is 73.4 Å². The summed E-state index contributed by atoms with van der Waals surface area (Å²) in [6.07, 6.45) is -0.226. The van der Waals surface area contributed by atoms with Crippen LogP contribution in [0.4, 0.5) is 22.7 Å². The molecule has 0 amide bonds. The normalized spacial score (nSPS) is 12.5. The van der Waals surface area contributed by atoms with Crippen LogP contribution in [0.5, 0.6) is 0 Å². The van der Waals surface area contributed by atoms with Gasteiger partial charge in [0, 0.05) is 17.1 Å². The number of hydrogen-bond donors (Lipinski definition) is 0. The largest absolute Gasteiger partial charge is 0.668 e. The Bertz CT molecular complexity index is 1870. The number of anilines is 4. The monoisotopic (exact) mass is 911 g/mol. The Morgan fingerprint density at radius 2 is 0.768 bits per heavy atom. The summed E-state index contributed by atoms with van der Waals surface area (Å²) in [4.78, 5) is 8.36. The summed E-state index contributed by atoms with van der Waals surface area (Å²) in [5, 5.41) is 17.5. The first-order valence-electron chi connectivity index (χ1n) is 17.4. The van der Waals surface area contributed by atoms with Crippen LogP contribution < -0.4 is 19.2 Å². The summed E-state index contributed by atoms with van der Waals surface area (Å²) in [6.45, 7) is 12.2. The molecule has 5 aromatic rings. The van der Waals surface area contributed by atoms with Crippen LogP contribution in [-0.4, -0.2) is 85.9 Å². The number of aryl methyl sites for hydroxylation is 6. The SMILES string of the molecule is CN1B([N]=[Ti]([Cl])[Cl])N(C)c2ccccc21.CN1B([N]=[Ti]([Cl])[Cl])N(C)c2ccccc21.C[N-]C.Cc1cc(C)n(C(n2nc(C)cc2C)n2nc(C)cc2C)n1.[CH3-]. The summed E-state index contributed by atoms with van der Waals surface area (Å²) >= 11 is -4.39. The number of nitrogens with zero attached hydrogens (tertiary/aromatic N) is 13. The molecule has 2 aliphatic rings. The van der Waals surface area contributed by atoms with E-state index in [0.29, 0.717) is 0 Å². The van der Waals surface area contributed by atoms with Crippen LogP contribution in [0.3, 0.4) is 0 Å². The third-order valence-electron chi connectivity index (χ3n) is 8.89. The number of fused-ring (bicyclic) bond motifs is 2. The first-order chi connectivity index (χ1) is 26.0. The Balaban J connectivity index is 0.000000221. The van der Waals surface area contributed by atoms with Crippen LogP contribution in [0, 0.1) is 49.0 Å². The van der Waals surface area contributed by atoms with Crippen molar-refractivity contribution in [3.8, 4) is 0 Å². The first kappa shape index (κ1) is 47.9. The van der Waals surface area contributed by atoms with Crippen molar-refractivity contribution in [3.05, 3.63) is 114 Å². The number of rotatable bonds is 5. The molecule has 5 heterocycles. The predicted molar refractivity (Wildman–Crippen MR) is 233 cm³/mol. The molecule has 0 unspecified atom stereocenters. The zero-order valence-electron chi connectivity index (χ0n) is 34.4. The number of aromatic nitrogens is 6. The van der Waals surface area contributed by atoms with Gasteiger partial charge in [0.25, 0.3) is 0 Å². The molecule has 2 aromatic carbocycles. The van der Waals surface area contributed by atoms with Crippen LogP contribution in [0.1, 0.15) is 40.5 Å². The molecule has 0 saturated heterocycles. The fourth-order valence-electron chi connectivity index (χ4n) is 6.61. The van der Waals surface area contributed by atoms with Crippen molar-refractivity contribution in [2.24, 2.45) is 6.66 Å². The maximum Gasteiger partial charge on any atom is 0.238 e. The molecule has 3 aromatic heterocycles. The van der Waals surface area contributed by atoms with E-state index in [9.17, 15) is 0 Å². The molecule has 0 bridgehead atoms. The molecule has 0 fully saturated rings. The third-order valence-corrected chi connectivity index (χ3v) is 11.8. The van der Waals surface area contributed by atoms with Gasteiger partial charge in [-0.3, -0.25) is 0 Å². The zero-order valence-corrected chi connectivity index (χ0v) is 40.6. The molecule has 0 saturated carbocycles. The average Bonchev–Trinajstić information content (AvgIpc) is 3.87. The average molecular weight is 913 g/mol. The minimum Gasteiger partial charge on any atom is -0.668 e. The Labute approximate surface area is 361 Å². The Kier molecular flexibility index (Phi) is 18.4. The molecule has 0 atom stereocenters. The second-order valence-corrected chi connectivity index (χ2v) is 23.1. The maximum atomic E-state index is 5.84. The van der Waals surface area contributed by atoms with Gasteiger partial charge in [-0.1, -0.05) is 0 Å². The molecule has 300 valence electrons. The van der Waals surface area contributed by atoms with Gasteiger partial charge in [-0.05, 0) is 59.7 Å². The molecular formula is C35H51B2Cl4N13Ti2-2. The van der Waals surface area contributed by atoms with Crippen molar-refractivity contribution >= 4 is 74.2 Å². The van der Waals surface area contributed by atoms with E-state index in [2.05, 4.69) is 110 Å². The second-order valence-electron chi connectivity index (χ2n) is 13.3. The fraction of sp³-hybridized carbons (Fsp3) is 0.371. The van der Waals surface area contributed by atoms with Crippen molar-refractivity contribution in [1.29, 1.82) is 0 Å². The molecule has 56 heavy (non-hydrogen) atoms. The second kappa shape index (κ2) is 21.5. The summed E-state index contributed by atoms with van der Waals surface area (Å²) in [5.74, 6) is 0. The van der Waals surface area contributed by atoms with Gasteiger partial charge in [-0.2, -0.15) is 29.4 Å². The van der Waals surface area contributed by atoms with E-state index >= 15 is 0 Å². The van der Waals surface area contributed by atoms with Gasteiger partial charge in [-0.25, -0.2) is 14.0 Å². The molecule has 0 aliphatic carbocycles. The summed E-state index contributed by atoms with van der Waals surface area (Å²) in [6, 6.07) is 22.6. The van der Waals surface area contributed by atoms with E-state index in [4.69, 9.17) is 37.2 Å². The van der Waals surface area contributed by atoms with Gasteiger partial charge in [0.1, 0.15) is 0 Å². The van der Waals surface area contributed by atoms with Crippen molar-refractivity contribution in [2.45, 2.75) is 47.8 Å². The standard InChI is InChI=1S/C16H22N6.2C8H10BN3.C2H6N.CH3.4ClH.2Ti/c1-10-7-13(4)20(17-10)16(21-14(5)8-11(2)18-21)22-15(6)9-12(3)19-22;2*1-11-7-5-3-4-6-8(7)12(2)9(11)10;1-3-2;;;;;;;/h7-9,16H,1-6H3;2*3-6H,1-2H3;1-2H3;1H3;4*1H;;/q;;;2*-1;;;;;2*+2/p-4.